The van der Waals surface area contributed by atoms with Crippen molar-refractivity contribution >= 4 is 5.91 Å². The lowest BCUT2D eigenvalue weighted by atomic mass is 10.1. The molecule has 2 atom stereocenters. The van der Waals surface area contributed by atoms with E-state index in [2.05, 4.69) is 24.3 Å². The summed E-state index contributed by atoms with van der Waals surface area (Å²) in [7, 11) is 0. The molecule has 1 aliphatic rings. The largest absolute Gasteiger partial charge is 0.334 e. The highest BCUT2D eigenvalue weighted by Crippen LogP contribution is 2.10. The predicted molar refractivity (Wildman–Crippen MR) is 89.1 cm³/mol. The molecular formula is C17H22N4O2. The first-order valence-corrected chi connectivity index (χ1v) is 7.88. The minimum Gasteiger partial charge on any atom is -0.334 e. The van der Waals surface area contributed by atoms with Gasteiger partial charge >= 0.3 is 0 Å². The number of nitrogens with zero attached hydrogens (tertiary/aromatic N) is 2. The van der Waals surface area contributed by atoms with Gasteiger partial charge in [0.15, 0.2) is 0 Å². The Morgan fingerprint density at radius 3 is 2.35 bits per heavy atom. The van der Waals surface area contributed by atoms with E-state index in [0.29, 0.717) is 18.8 Å². The highest BCUT2D eigenvalue weighted by Gasteiger charge is 2.26. The molecule has 23 heavy (non-hydrogen) atoms. The Morgan fingerprint density at radius 1 is 1.13 bits per heavy atom. The van der Waals surface area contributed by atoms with E-state index in [0.717, 1.165) is 11.3 Å². The number of aryl methyl sites for hydroxylation is 1. The van der Waals surface area contributed by atoms with Gasteiger partial charge in [-0.2, -0.15) is 0 Å². The second-order valence-corrected chi connectivity index (χ2v) is 6.36. The van der Waals surface area contributed by atoms with Gasteiger partial charge in [-0.3, -0.25) is 14.7 Å². The Morgan fingerprint density at radius 2 is 1.74 bits per heavy atom. The average Bonchev–Trinajstić information content (AvgIpc) is 2.88. The van der Waals surface area contributed by atoms with E-state index >= 15 is 0 Å². The van der Waals surface area contributed by atoms with Crippen LogP contribution in [0.25, 0.3) is 5.69 Å². The summed E-state index contributed by atoms with van der Waals surface area (Å²) in [6, 6.07) is 9.45. The SMILES string of the molecule is Cc1ccc(-n2[nH]c(C(=O)N3C[C@@H](C)N[C@@H](C)C3)cc2=O)cc1. The van der Waals surface area contributed by atoms with Crippen molar-refractivity contribution in [3.05, 3.63) is 51.9 Å². The number of benzene rings is 1. The topological polar surface area (TPSA) is 70.1 Å². The van der Waals surface area contributed by atoms with Gasteiger partial charge in [-0.05, 0) is 32.9 Å². The van der Waals surface area contributed by atoms with Crippen LogP contribution in [-0.2, 0) is 0 Å². The zero-order valence-electron chi connectivity index (χ0n) is 13.7. The van der Waals surface area contributed by atoms with Crippen LogP contribution in [0.4, 0.5) is 0 Å². The molecular weight excluding hydrogens is 292 g/mol. The Kier molecular flexibility index (Phi) is 4.09. The molecule has 1 saturated heterocycles. The van der Waals surface area contributed by atoms with Crippen molar-refractivity contribution in [1.82, 2.24) is 20.0 Å². The Hall–Kier alpha value is -2.34. The Balaban J connectivity index is 1.87. The summed E-state index contributed by atoms with van der Waals surface area (Å²) in [5, 5.41) is 6.33. The van der Waals surface area contributed by atoms with Crippen LogP contribution >= 0.6 is 0 Å². The highest BCUT2D eigenvalue weighted by atomic mass is 16.2. The molecule has 0 aliphatic carbocycles. The van der Waals surface area contributed by atoms with Gasteiger partial charge in [-0.15, -0.1) is 0 Å². The van der Waals surface area contributed by atoms with Crippen LogP contribution in [0.2, 0.25) is 0 Å². The van der Waals surface area contributed by atoms with E-state index in [4.69, 9.17) is 0 Å². The van der Waals surface area contributed by atoms with E-state index in [1.165, 1.54) is 10.7 Å². The van der Waals surface area contributed by atoms with Gasteiger partial charge < -0.3 is 10.2 Å². The molecule has 6 nitrogen and oxygen atoms in total. The van der Waals surface area contributed by atoms with E-state index in [1.807, 2.05) is 31.2 Å². The molecule has 1 aliphatic heterocycles. The first kappa shape index (κ1) is 15.6. The van der Waals surface area contributed by atoms with Crippen molar-refractivity contribution < 1.29 is 4.79 Å². The minimum absolute atomic E-state index is 0.131. The smallest absolute Gasteiger partial charge is 0.272 e. The molecule has 1 aromatic carbocycles. The minimum atomic E-state index is -0.228. The second-order valence-electron chi connectivity index (χ2n) is 6.36. The third-order valence-corrected chi connectivity index (χ3v) is 4.09. The van der Waals surface area contributed by atoms with Crippen LogP contribution in [0, 0.1) is 6.92 Å². The summed E-state index contributed by atoms with van der Waals surface area (Å²) in [6.45, 7) is 7.37. The molecule has 0 unspecified atom stereocenters. The second kappa shape index (κ2) is 6.04. The maximum Gasteiger partial charge on any atom is 0.272 e. The van der Waals surface area contributed by atoms with Crippen LogP contribution in [-0.4, -0.2) is 45.8 Å². The monoisotopic (exact) mass is 314 g/mol. The number of hydrogen-bond acceptors (Lipinski definition) is 3. The lowest BCUT2D eigenvalue weighted by molar-refractivity contribution is 0.0667. The number of carbonyl (C=O) groups excluding carboxylic acids is 1. The molecule has 1 fully saturated rings. The highest BCUT2D eigenvalue weighted by molar-refractivity contribution is 5.92. The van der Waals surface area contributed by atoms with Crippen LogP contribution in [0.5, 0.6) is 0 Å². The standard InChI is InChI=1S/C17H22N4O2/c1-11-4-6-14(7-5-11)21-16(22)8-15(19-21)17(23)20-9-12(2)18-13(3)10-20/h4-8,12-13,18-19H,9-10H2,1-3H3/t12-,13+. The quantitative estimate of drug-likeness (QED) is 0.878. The lowest BCUT2D eigenvalue weighted by Gasteiger charge is -2.35. The maximum atomic E-state index is 12.7. The van der Waals surface area contributed by atoms with E-state index in [9.17, 15) is 9.59 Å². The number of carbonyl (C=O) groups is 1. The average molecular weight is 314 g/mol. The zero-order valence-corrected chi connectivity index (χ0v) is 13.7. The number of amides is 1. The van der Waals surface area contributed by atoms with Crippen LogP contribution in [0.15, 0.2) is 35.1 Å². The number of aromatic amines is 1. The molecule has 2 N–H and O–H groups in total. The van der Waals surface area contributed by atoms with Crippen LogP contribution < -0.4 is 10.9 Å². The third-order valence-electron chi connectivity index (χ3n) is 4.09. The molecule has 122 valence electrons. The number of aromatic nitrogens is 2. The summed E-state index contributed by atoms with van der Waals surface area (Å²) in [5.74, 6) is -0.131. The number of H-pyrrole nitrogens is 1. The Bertz CT molecular complexity index is 750. The van der Waals surface area contributed by atoms with Gasteiger partial charge in [0.25, 0.3) is 11.5 Å². The molecule has 1 amide bonds. The summed E-state index contributed by atoms with van der Waals surface area (Å²) in [5.41, 5.74) is 1.94. The number of nitrogens with one attached hydrogen (secondary N) is 2. The summed E-state index contributed by atoms with van der Waals surface area (Å²) >= 11 is 0. The van der Waals surface area contributed by atoms with Crippen LogP contribution in [0.3, 0.4) is 0 Å². The van der Waals surface area contributed by atoms with Crippen LogP contribution in [0.1, 0.15) is 29.9 Å². The van der Waals surface area contributed by atoms with E-state index in [1.54, 1.807) is 4.90 Å². The maximum absolute atomic E-state index is 12.7. The normalized spacial score (nSPS) is 21.4. The summed E-state index contributed by atoms with van der Waals surface area (Å²) in [6.07, 6.45) is 0. The first-order chi connectivity index (χ1) is 10.9. The molecule has 2 aromatic rings. The summed E-state index contributed by atoms with van der Waals surface area (Å²) in [4.78, 5) is 26.6. The predicted octanol–water partition coefficient (Wildman–Crippen LogP) is 1.30. The van der Waals surface area contributed by atoms with Gasteiger partial charge in [-0.1, -0.05) is 17.7 Å². The van der Waals surface area contributed by atoms with E-state index in [-0.39, 0.29) is 23.6 Å². The van der Waals surface area contributed by atoms with Crippen molar-refractivity contribution in [2.75, 3.05) is 13.1 Å². The van der Waals surface area contributed by atoms with Gasteiger partial charge in [0.1, 0.15) is 5.69 Å². The molecule has 3 rings (SSSR count). The molecule has 0 spiro atoms. The van der Waals surface area contributed by atoms with Crippen molar-refractivity contribution in [1.29, 1.82) is 0 Å². The number of rotatable bonds is 2. The molecule has 0 bridgehead atoms. The molecule has 1 aromatic heterocycles. The van der Waals surface area contributed by atoms with Crippen molar-refractivity contribution in [2.24, 2.45) is 0 Å². The van der Waals surface area contributed by atoms with Gasteiger partial charge in [0.2, 0.25) is 0 Å². The number of hydrogen-bond donors (Lipinski definition) is 2. The lowest BCUT2D eigenvalue weighted by Crippen LogP contribution is -2.55. The molecule has 0 saturated carbocycles. The van der Waals surface area contributed by atoms with Crippen molar-refractivity contribution in [3.63, 3.8) is 0 Å². The fourth-order valence-corrected chi connectivity index (χ4v) is 3.05. The van der Waals surface area contributed by atoms with Gasteiger partial charge in [0, 0.05) is 31.2 Å². The van der Waals surface area contributed by atoms with Gasteiger partial charge in [0.05, 0.1) is 5.69 Å². The number of piperazine rings is 1. The van der Waals surface area contributed by atoms with Gasteiger partial charge in [-0.25, -0.2) is 4.68 Å². The van der Waals surface area contributed by atoms with Crippen molar-refractivity contribution in [2.45, 2.75) is 32.9 Å². The molecule has 2 heterocycles. The fourth-order valence-electron chi connectivity index (χ4n) is 3.05. The Labute approximate surface area is 135 Å². The third kappa shape index (κ3) is 3.22. The fraction of sp³-hybridized carbons (Fsp3) is 0.412. The zero-order chi connectivity index (χ0) is 16.6. The van der Waals surface area contributed by atoms with E-state index < -0.39 is 0 Å². The molecule has 6 heteroatoms. The van der Waals surface area contributed by atoms with Crippen molar-refractivity contribution in [3.8, 4) is 5.69 Å². The first-order valence-electron chi connectivity index (χ1n) is 7.88. The molecule has 0 radical (unpaired) electrons. The summed E-state index contributed by atoms with van der Waals surface area (Å²) < 4.78 is 1.40.